The second-order valence-electron chi connectivity index (χ2n) is 3.18. The van der Waals surface area contributed by atoms with E-state index in [0.29, 0.717) is 12.6 Å². The third-order valence-electron chi connectivity index (χ3n) is 2.05. The molecule has 0 aliphatic rings. The predicted molar refractivity (Wildman–Crippen MR) is 57.0 cm³/mol. The second-order valence-corrected chi connectivity index (χ2v) is 3.18. The maximum atomic E-state index is 5.54. The Morgan fingerprint density at radius 1 is 1.21 bits per heavy atom. The van der Waals surface area contributed by atoms with Gasteiger partial charge in [0.1, 0.15) is 18.1 Å². The summed E-state index contributed by atoms with van der Waals surface area (Å²) in [4.78, 5) is 0. The van der Waals surface area contributed by atoms with E-state index in [4.69, 9.17) is 9.47 Å². The lowest BCUT2D eigenvalue weighted by Gasteiger charge is -2.12. The third-order valence-corrected chi connectivity index (χ3v) is 2.05. The molecule has 3 heteroatoms. The standard InChI is InChI=1S/C11H17NO2/c1-9(12-2)8-14-11-6-4-10(13-3)5-7-11/h4-7,9,12H,8H2,1-3H3. The first-order valence-corrected chi connectivity index (χ1v) is 4.70. The quantitative estimate of drug-likeness (QED) is 0.775. The molecule has 1 aromatic rings. The largest absolute Gasteiger partial charge is 0.497 e. The summed E-state index contributed by atoms with van der Waals surface area (Å²) in [5, 5.41) is 3.11. The number of rotatable bonds is 5. The molecule has 0 spiro atoms. The van der Waals surface area contributed by atoms with Gasteiger partial charge in [0, 0.05) is 6.04 Å². The van der Waals surface area contributed by atoms with Gasteiger partial charge >= 0.3 is 0 Å². The number of hydrogen-bond donors (Lipinski definition) is 1. The zero-order chi connectivity index (χ0) is 10.4. The fourth-order valence-corrected chi connectivity index (χ4v) is 0.977. The summed E-state index contributed by atoms with van der Waals surface area (Å²) in [5.41, 5.74) is 0. The van der Waals surface area contributed by atoms with E-state index >= 15 is 0 Å². The Balaban J connectivity index is 2.43. The van der Waals surface area contributed by atoms with E-state index < -0.39 is 0 Å². The second kappa shape index (κ2) is 5.50. The monoisotopic (exact) mass is 195 g/mol. The molecule has 0 heterocycles. The van der Waals surface area contributed by atoms with Gasteiger partial charge in [0.25, 0.3) is 0 Å². The molecule has 14 heavy (non-hydrogen) atoms. The van der Waals surface area contributed by atoms with E-state index in [1.165, 1.54) is 0 Å². The highest BCUT2D eigenvalue weighted by Gasteiger charge is 1.99. The molecule has 1 atom stereocenters. The smallest absolute Gasteiger partial charge is 0.119 e. The molecule has 0 saturated carbocycles. The van der Waals surface area contributed by atoms with Crippen LogP contribution in [0.25, 0.3) is 0 Å². The summed E-state index contributed by atoms with van der Waals surface area (Å²) in [5.74, 6) is 1.71. The van der Waals surface area contributed by atoms with E-state index in [-0.39, 0.29) is 0 Å². The van der Waals surface area contributed by atoms with Crippen LogP contribution in [0.2, 0.25) is 0 Å². The summed E-state index contributed by atoms with van der Waals surface area (Å²) in [6.07, 6.45) is 0. The molecule has 0 saturated heterocycles. The van der Waals surface area contributed by atoms with Crippen LogP contribution in [0.5, 0.6) is 11.5 Å². The van der Waals surface area contributed by atoms with Crippen molar-refractivity contribution in [1.29, 1.82) is 0 Å². The van der Waals surface area contributed by atoms with Gasteiger partial charge in [0.05, 0.1) is 7.11 Å². The summed E-state index contributed by atoms with van der Waals surface area (Å²) >= 11 is 0. The molecule has 0 aliphatic carbocycles. The number of ether oxygens (including phenoxy) is 2. The zero-order valence-corrected chi connectivity index (χ0v) is 8.91. The Hall–Kier alpha value is -1.22. The van der Waals surface area contributed by atoms with Crippen LogP contribution < -0.4 is 14.8 Å². The zero-order valence-electron chi connectivity index (χ0n) is 8.91. The molecule has 0 aliphatic heterocycles. The molecule has 1 rings (SSSR count). The minimum atomic E-state index is 0.358. The van der Waals surface area contributed by atoms with Gasteiger partial charge in [-0.3, -0.25) is 0 Å². The Bertz CT molecular complexity index is 258. The van der Waals surface area contributed by atoms with Gasteiger partial charge in [0.15, 0.2) is 0 Å². The van der Waals surface area contributed by atoms with Crippen LogP contribution in [0.15, 0.2) is 24.3 Å². The van der Waals surface area contributed by atoms with Crippen molar-refractivity contribution in [2.24, 2.45) is 0 Å². The number of nitrogens with one attached hydrogen (secondary N) is 1. The summed E-state index contributed by atoms with van der Waals surface area (Å²) in [7, 11) is 3.57. The highest BCUT2D eigenvalue weighted by atomic mass is 16.5. The predicted octanol–water partition coefficient (Wildman–Crippen LogP) is 1.68. The summed E-state index contributed by atoms with van der Waals surface area (Å²) in [6.45, 7) is 2.74. The van der Waals surface area contributed by atoms with Crippen LogP contribution in [0, 0.1) is 0 Å². The fourth-order valence-electron chi connectivity index (χ4n) is 0.977. The van der Waals surface area contributed by atoms with Crippen LogP contribution in [-0.2, 0) is 0 Å². The number of methoxy groups -OCH3 is 1. The van der Waals surface area contributed by atoms with Gasteiger partial charge in [0.2, 0.25) is 0 Å². The van der Waals surface area contributed by atoms with E-state index in [1.807, 2.05) is 31.3 Å². The molecule has 78 valence electrons. The molecule has 0 fully saturated rings. The lowest BCUT2D eigenvalue weighted by Crippen LogP contribution is -2.28. The van der Waals surface area contributed by atoms with Crippen molar-refractivity contribution >= 4 is 0 Å². The SMILES string of the molecule is CNC(C)COc1ccc(OC)cc1. The lowest BCUT2D eigenvalue weighted by atomic mass is 10.3. The first-order valence-electron chi connectivity index (χ1n) is 4.70. The van der Waals surface area contributed by atoms with Crippen molar-refractivity contribution in [3.05, 3.63) is 24.3 Å². The highest BCUT2D eigenvalue weighted by Crippen LogP contribution is 2.16. The van der Waals surface area contributed by atoms with Crippen molar-refractivity contribution in [3.63, 3.8) is 0 Å². The molecular weight excluding hydrogens is 178 g/mol. The topological polar surface area (TPSA) is 30.5 Å². The van der Waals surface area contributed by atoms with Crippen molar-refractivity contribution in [1.82, 2.24) is 5.32 Å². The molecule has 0 bridgehead atoms. The number of benzene rings is 1. The van der Waals surface area contributed by atoms with Gasteiger partial charge in [-0.15, -0.1) is 0 Å². The molecule has 0 radical (unpaired) electrons. The maximum absolute atomic E-state index is 5.54. The van der Waals surface area contributed by atoms with Crippen LogP contribution in [0.1, 0.15) is 6.92 Å². The Kier molecular flexibility index (Phi) is 4.26. The molecule has 1 aromatic carbocycles. The average molecular weight is 195 g/mol. The van der Waals surface area contributed by atoms with Gasteiger partial charge in [-0.05, 0) is 38.2 Å². The number of likely N-dealkylation sites (N-methyl/N-ethyl adjacent to an activating group) is 1. The Labute approximate surface area is 85.0 Å². The van der Waals surface area contributed by atoms with Crippen LogP contribution >= 0.6 is 0 Å². The first-order chi connectivity index (χ1) is 6.76. The maximum Gasteiger partial charge on any atom is 0.119 e. The van der Waals surface area contributed by atoms with E-state index in [2.05, 4.69) is 12.2 Å². The first kappa shape index (κ1) is 10.9. The molecule has 1 N–H and O–H groups in total. The average Bonchev–Trinajstić information content (AvgIpc) is 2.26. The van der Waals surface area contributed by atoms with Crippen molar-refractivity contribution in [3.8, 4) is 11.5 Å². The normalized spacial score (nSPS) is 12.2. The summed E-state index contributed by atoms with van der Waals surface area (Å²) in [6, 6.07) is 7.94. The molecule has 0 aromatic heterocycles. The van der Waals surface area contributed by atoms with Gasteiger partial charge in [-0.25, -0.2) is 0 Å². The third kappa shape index (κ3) is 3.26. The molecule has 3 nitrogen and oxygen atoms in total. The highest BCUT2D eigenvalue weighted by molar-refractivity contribution is 5.31. The minimum Gasteiger partial charge on any atom is -0.497 e. The lowest BCUT2D eigenvalue weighted by molar-refractivity contribution is 0.279. The summed E-state index contributed by atoms with van der Waals surface area (Å²) < 4.78 is 10.6. The number of hydrogen-bond acceptors (Lipinski definition) is 3. The van der Waals surface area contributed by atoms with Gasteiger partial charge in [-0.1, -0.05) is 0 Å². The van der Waals surface area contributed by atoms with Gasteiger partial charge < -0.3 is 14.8 Å². The Morgan fingerprint density at radius 3 is 2.29 bits per heavy atom. The van der Waals surface area contributed by atoms with Crippen LogP contribution in [0.3, 0.4) is 0 Å². The van der Waals surface area contributed by atoms with E-state index in [0.717, 1.165) is 11.5 Å². The molecular formula is C11H17NO2. The van der Waals surface area contributed by atoms with E-state index in [1.54, 1.807) is 7.11 Å². The van der Waals surface area contributed by atoms with Crippen molar-refractivity contribution < 1.29 is 9.47 Å². The van der Waals surface area contributed by atoms with Crippen LogP contribution in [0.4, 0.5) is 0 Å². The Morgan fingerprint density at radius 2 is 1.79 bits per heavy atom. The van der Waals surface area contributed by atoms with Crippen molar-refractivity contribution in [2.45, 2.75) is 13.0 Å². The van der Waals surface area contributed by atoms with E-state index in [9.17, 15) is 0 Å². The minimum absolute atomic E-state index is 0.358. The fraction of sp³-hybridized carbons (Fsp3) is 0.455. The molecule has 1 unspecified atom stereocenters. The van der Waals surface area contributed by atoms with Crippen molar-refractivity contribution in [2.75, 3.05) is 20.8 Å². The van der Waals surface area contributed by atoms with Gasteiger partial charge in [-0.2, -0.15) is 0 Å². The van der Waals surface area contributed by atoms with Crippen LogP contribution in [-0.4, -0.2) is 26.8 Å². The molecule has 0 amide bonds.